The van der Waals surface area contributed by atoms with Crippen molar-refractivity contribution in [2.75, 3.05) is 31.2 Å². The molecular weight excluding hydrogens is 304 g/mol. The average molecular weight is 326 g/mol. The SMILES string of the molecule is O=C(CCc1ccnc(N2CCOCC2)c1)NCc1cccnc1. The van der Waals surface area contributed by atoms with E-state index in [2.05, 4.69) is 26.3 Å². The van der Waals surface area contributed by atoms with Crippen LogP contribution in [0.4, 0.5) is 5.82 Å². The third-order valence-corrected chi connectivity index (χ3v) is 4.00. The van der Waals surface area contributed by atoms with Crippen molar-refractivity contribution in [2.45, 2.75) is 19.4 Å². The molecule has 126 valence electrons. The largest absolute Gasteiger partial charge is 0.378 e. The number of amides is 1. The first kappa shape index (κ1) is 16.4. The Morgan fingerprint density at radius 2 is 2.08 bits per heavy atom. The van der Waals surface area contributed by atoms with Crippen LogP contribution >= 0.6 is 0 Å². The van der Waals surface area contributed by atoms with E-state index in [0.29, 0.717) is 19.4 Å². The zero-order valence-corrected chi connectivity index (χ0v) is 13.6. The monoisotopic (exact) mass is 326 g/mol. The molecule has 3 rings (SSSR count). The van der Waals surface area contributed by atoms with Crippen LogP contribution in [-0.2, 0) is 22.5 Å². The number of carbonyl (C=O) groups is 1. The molecule has 0 bridgehead atoms. The Morgan fingerprint density at radius 3 is 2.88 bits per heavy atom. The van der Waals surface area contributed by atoms with Crippen molar-refractivity contribution in [1.29, 1.82) is 0 Å². The number of hydrogen-bond donors (Lipinski definition) is 1. The van der Waals surface area contributed by atoms with Crippen molar-refractivity contribution < 1.29 is 9.53 Å². The van der Waals surface area contributed by atoms with E-state index in [1.165, 1.54) is 0 Å². The minimum atomic E-state index is 0.0450. The second kappa shape index (κ2) is 8.40. The maximum absolute atomic E-state index is 12.0. The highest BCUT2D eigenvalue weighted by Gasteiger charge is 2.12. The van der Waals surface area contributed by atoms with E-state index in [4.69, 9.17) is 4.74 Å². The van der Waals surface area contributed by atoms with Gasteiger partial charge >= 0.3 is 0 Å². The number of pyridine rings is 2. The summed E-state index contributed by atoms with van der Waals surface area (Å²) in [6.45, 7) is 3.72. The smallest absolute Gasteiger partial charge is 0.220 e. The lowest BCUT2D eigenvalue weighted by Gasteiger charge is -2.28. The van der Waals surface area contributed by atoms with Gasteiger partial charge < -0.3 is 15.0 Å². The van der Waals surface area contributed by atoms with Gasteiger partial charge in [0.25, 0.3) is 0 Å². The molecule has 6 heteroatoms. The summed E-state index contributed by atoms with van der Waals surface area (Å²) in [5.74, 6) is 1.01. The molecule has 0 atom stereocenters. The van der Waals surface area contributed by atoms with Crippen LogP contribution < -0.4 is 10.2 Å². The van der Waals surface area contributed by atoms with Gasteiger partial charge in [-0.05, 0) is 35.7 Å². The van der Waals surface area contributed by atoms with Gasteiger partial charge in [0, 0.05) is 44.6 Å². The first-order valence-electron chi connectivity index (χ1n) is 8.24. The molecule has 3 heterocycles. The maximum atomic E-state index is 12.0. The van der Waals surface area contributed by atoms with Gasteiger partial charge in [0.2, 0.25) is 5.91 Å². The van der Waals surface area contributed by atoms with Gasteiger partial charge in [-0.25, -0.2) is 4.98 Å². The van der Waals surface area contributed by atoms with Crippen molar-refractivity contribution in [3.63, 3.8) is 0 Å². The molecule has 0 unspecified atom stereocenters. The number of aryl methyl sites for hydroxylation is 1. The van der Waals surface area contributed by atoms with Gasteiger partial charge in [-0.15, -0.1) is 0 Å². The van der Waals surface area contributed by atoms with Crippen LogP contribution in [-0.4, -0.2) is 42.2 Å². The number of hydrogen-bond acceptors (Lipinski definition) is 5. The Labute approximate surface area is 141 Å². The molecule has 2 aromatic heterocycles. The Hall–Kier alpha value is -2.47. The van der Waals surface area contributed by atoms with E-state index in [-0.39, 0.29) is 5.91 Å². The highest BCUT2D eigenvalue weighted by Crippen LogP contribution is 2.15. The number of carbonyl (C=O) groups excluding carboxylic acids is 1. The molecule has 0 spiro atoms. The van der Waals surface area contributed by atoms with E-state index < -0.39 is 0 Å². The third-order valence-electron chi connectivity index (χ3n) is 4.00. The second-order valence-electron chi connectivity index (χ2n) is 5.76. The van der Waals surface area contributed by atoms with Crippen LogP contribution in [0.5, 0.6) is 0 Å². The third kappa shape index (κ3) is 4.76. The fourth-order valence-corrected chi connectivity index (χ4v) is 2.63. The number of rotatable bonds is 6. The molecule has 0 radical (unpaired) electrons. The summed E-state index contributed by atoms with van der Waals surface area (Å²) in [6.07, 6.45) is 6.47. The lowest BCUT2D eigenvalue weighted by atomic mass is 10.1. The average Bonchev–Trinajstić information content (AvgIpc) is 2.66. The van der Waals surface area contributed by atoms with Crippen LogP contribution in [0.15, 0.2) is 42.9 Å². The van der Waals surface area contributed by atoms with E-state index >= 15 is 0 Å². The van der Waals surface area contributed by atoms with Crippen molar-refractivity contribution in [2.24, 2.45) is 0 Å². The normalized spacial score (nSPS) is 14.4. The number of aromatic nitrogens is 2. The minimum Gasteiger partial charge on any atom is -0.378 e. The lowest BCUT2D eigenvalue weighted by molar-refractivity contribution is -0.121. The van der Waals surface area contributed by atoms with Gasteiger partial charge in [0.05, 0.1) is 13.2 Å². The highest BCUT2D eigenvalue weighted by atomic mass is 16.5. The summed E-state index contributed by atoms with van der Waals surface area (Å²) < 4.78 is 5.37. The number of morpholine rings is 1. The number of ether oxygens (including phenoxy) is 1. The van der Waals surface area contributed by atoms with Gasteiger partial charge in [-0.1, -0.05) is 6.07 Å². The molecule has 6 nitrogen and oxygen atoms in total. The molecule has 1 amide bonds. The molecule has 0 saturated carbocycles. The standard InChI is InChI=1S/C18H22N4O2/c23-18(21-14-16-2-1-6-19-13-16)4-3-15-5-7-20-17(12-15)22-8-10-24-11-9-22/h1-2,5-7,12-13H,3-4,8-11,14H2,(H,21,23). The number of nitrogens with one attached hydrogen (secondary N) is 1. The van der Waals surface area contributed by atoms with Gasteiger partial charge in [0.15, 0.2) is 0 Å². The predicted molar refractivity (Wildman–Crippen MR) is 91.7 cm³/mol. The first-order valence-corrected chi connectivity index (χ1v) is 8.24. The minimum absolute atomic E-state index is 0.0450. The summed E-state index contributed by atoms with van der Waals surface area (Å²) in [5.41, 5.74) is 2.13. The number of anilines is 1. The summed E-state index contributed by atoms with van der Waals surface area (Å²) in [5, 5.41) is 2.93. The van der Waals surface area contributed by atoms with Crippen LogP contribution in [0, 0.1) is 0 Å². The van der Waals surface area contributed by atoms with Crippen molar-refractivity contribution in [3.8, 4) is 0 Å². The molecule has 2 aromatic rings. The molecule has 1 saturated heterocycles. The van der Waals surface area contributed by atoms with Gasteiger partial charge in [0.1, 0.15) is 5.82 Å². The summed E-state index contributed by atoms with van der Waals surface area (Å²) >= 11 is 0. The molecule has 1 fully saturated rings. The van der Waals surface area contributed by atoms with Crippen molar-refractivity contribution in [1.82, 2.24) is 15.3 Å². The summed E-state index contributed by atoms with van der Waals surface area (Å²) in [7, 11) is 0. The Kier molecular flexibility index (Phi) is 5.74. The van der Waals surface area contributed by atoms with E-state index in [0.717, 1.165) is 43.2 Å². The van der Waals surface area contributed by atoms with E-state index in [1.54, 1.807) is 12.4 Å². The molecule has 1 N–H and O–H groups in total. The fourth-order valence-electron chi connectivity index (χ4n) is 2.63. The van der Waals surface area contributed by atoms with Crippen LogP contribution in [0.3, 0.4) is 0 Å². The summed E-state index contributed by atoms with van der Waals surface area (Å²) in [4.78, 5) is 22.7. The summed E-state index contributed by atoms with van der Waals surface area (Å²) in [6, 6.07) is 7.86. The van der Waals surface area contributed by atoms with Crippen molar-refractivity contribution in [3.05, 3.63) is 54.0 Å². The Balaban J connectivity index is 1.48. The Bertz CT molecular complexity index is 657. The van der Waals surface area contributed by atoms with Crippen LogP contribution in [0.1, 0.15) is 17.5 Å². The zero-order chi connectivity index (χ0) is 16.6. The molecule has 1 aliphatic heterocycles. The highest BCUT2D eigenvalue weighted by molar-refractivity contribution is 5.76. The molecule has 0 aromatic carbocycles. The fraction of sp³-hybridized carbons (Fsp3) is 0.389. The predicted octanol–water partition coefficient (Wildman–Crippen LogP) is 1.56. The van der Waals surface area contributed by atoms with Crippen LogP contribution in [0.25, 0.3) is 0 Å². The van der Waals surface area contributed by atoms with Crippen LogP contribution in [0.2, 0.25) is 0 Å². The topological polar surface area (TPSA) is 67.4 Å². The first-order chi connectivity index (χ1) is 11.8. The van der Waals surface area contributed by atoms with Gasteiger partial charge in [-0.3, -0.25) is 9.78 Å². The molecule has 0 aliphatic carbocycles. The van der Waals surface area contributed by atoms with E-state index in [1.807, 2.05) is 24.4 Å². The van der Waals surface area contributed by atoms with Gasteiger partial charge in [-0.2, -0.15) is 0 Å². The van der Waals surface area contributed by atoms with E-state index in [9.17, 15) is 4.79 Å². The quantitative estimate of drug-likeness (QED) is 0.872. The molecule has 1 aliphatic rings. The zero-order valence-electron chi connectivity index (χ0n) is 13.6. The maximum Gasteiger partial charge on any atom is 0.220 e. The second-order valence-corrected chi connectivity index (χ2v) is 5.76. The lowest BCUT2D eigenvalue weighted by Crippen LogP contribution is -2.36. The molecule has 24 heavy (non-hydrogen) atoms. The van der Waals surface area contributed by atoms with Crippen molar-refractivity contribution >= 4 is 11.7 Å². The Morgan fingerprint density at radius 1 is 1.21 bits per heavy atom. The number of nitrogens with zero attached hydrogens (tertiary/aromatic N) is 3. The molecular formula is C18H22N4O2.